The van der Waals surface area contributed by atoms with Crippen molar-refractivity contribution in [3.05, 3.63) is 59.3 Å². The van der Waals surface area contributed by atoms with Gasteiger partial charge in [-0.15, -0.1) is 0 Å². The number of rotatable bonds is 10. The summed E-state index contributed by atoms with van der Waals surface area (Å²) in [4.78, 5) is 36.6. The minimum absolute atomic E-state index is 0.0180. The molecule has 9 nitrogen and oxygen atoms in total. The highest BCUT2D eigenvalue weighted by Crippen LogP contribution is 2.33. The summed E-state index contributed by atoms with van der Waals surface area (Å²) in [6.07, 6.45) is 1.53. The summed E-state index contributed by atoms with van der Waals surface area (Å²) >= 11 is 0. The van der Waals surface area contributed by atoms with Crippen LogP contribution in [-0.4, -0.2) is 44.3 Å². The molecule has 0 aromatic heterocycles. The number of benzene rings is 2. The third-order valence-electron chi connectivity index (χ3n) is 4.59. The van der Waals surface area contributed by atoms with Crippen LogP contribution in [0.4, 0.5) is 0 Å². The van der Waals surface area contributed by atoms with E-state index in [-0.39, 0.29) is 25.6 Å². The van der Waals surface area contributed by atoms with Crippen molar-refractivity contribution in [2.24, 2.45) is 5.92 Å². The Kier molecular flexibility index (Phi) is 8.50. The van der Waals surface area contributed by atoms with E-state index in [4.69, 9.17) is 18.9 Å². The zero-order valence-corrected chi connectivity index (χ0v) is 19.4. The molecule has 0 atom stereocenters. The molecule has 2 aromatic rings. The molecule has 1 aliphatic heterocycles. The summed E-state index contributed by atoms with van der Waals surface area (Å²) in [5.41, 5.74) is 1.01. The van der Waals surface area contributed by atoms with Gasteiger partial charge in [-0.05, 0) is 54.0 Å². The second kappa shape index (κ2) is 11.7. The average molecular weight is 469 g/mol. The van der Waals surface area contributed by atoms with Crippen molar-refractivity contribution in [1.29, 1.82) is 0 Å². The fraction of sp³-hybridized carbons (Fsp3) is 0.320. The van der Waals surface area contributed by atoms with E-state index in [0.717, 1.165) is 0 Å². The lowest BCUT2D eigenvalue weighted by atomic mass is 10.1. The van der Waals surface area contributed by atoms with Gasteiger partial charge in [-0.25, -0.2) is 0 Å². The molecule has 0 radical (unpaired) electrons. The molecular formula is C25H28N2O7. The monoisotopic (exact) mass is 468 g/mol. The molecule has 3 rings (SSSR count). The molecule has 1 aliphatic rings. The molecule has 2 amide bonds. The third kappa shape index (κ3) is 7.26. The molecule has 0 spiro atoms. The largest absolute Gasteiger partial charge is 0.493 e. The van der Waals surface area contributed by atoms with Crippen LogP contribution >= 0.6 is 0 Å². The van der Waals surface area contributed by atoms with E-state index in [1.54, 1.807) is 42.5 Å². The first-order valence-electron chi connectivity index (χ1n) is 10.9. The van der Waals surface area contributed by atoms with Crippen LogP contribution in [-0.2, 0) is 14.3 Å². The summed E-state index contributed by atoms with van der Waals surface area (Å²) in [6, 6.07) is 11.8. The van der Waals surface area contributed by atoms with Crippen LogP contribution in [0.5, 0.6) is 17.2 Å². The topological polar surface area (TPSA) is 112 Å². The number of fused-ring (bicyclic) bond motifs is 1. The second-order valence-corrected chi connectivity index (χ2v) is 7.95. The van der Waals surface area contributed by atoms with E-state index in [2.05, 4.69) is 10.6 Å². The Hall–Kier alpha value is -4.01. The van der Waals surface area contributed by atoms with E-state index in [9.17, 15) is 14.4 Å². The van der Waals surface area contributed by atoms with E-state index in [0.29, 0.717) is 40.9 Å². The van der Waals surface area contributed by atoms with Crippen LogP contribution in [0.2, 0.25) is 0 Å². The number of carbonyl (C=O) groups excluding carboxylic acids is 3. The quantitative estimate of drug-likeness (QED) is 0.313. The minimum Gasteiger partial charge on any atom is -0.493 e. The maximum Gasteiger partial charge on any atom is 0.302 e. The van der Waals surface area contributed by atoms with E-state index in [1.165, 1.54) is 13.0 Å². The van der Waals surface area contributed by atoms with Crippen LogP contribution in [0.25, 0.3) is 6.08 Å². The van der Waals surface area contributed by atoms with Gasteiger partial charge in [-0.3, -0.25) is 14.4 Å². The lowest BCUT2D eigenvalue weighted by molar-refractivity contribution is -0.141. The average Bonchev–Trinajstić information content (AvgIpc) is 3.28. The predicted molar refractivity (Wildman–Crippen MR) is 124 cm³/mol. The van der Waals surface area contributed by atoms with Gasteiger partial charge in [-0.1, -0.05) is 19.9 Å². The Morgan fingerprint density at radius 3 is 2.50 bits per heavy atom. The lowest BCUT2D eigenvalue weighted by Gasteiger charge is -2.12. The molecule has 9 heteroatoms. The summed E-state index contributed by atoms with van der Waals surface area (Å²) < 4.78 is 21.2. The number of esters is 1. The van der Waals surface area contributed by atoms with Crippen LogP contribution < -0.4 is 24.8 Å². The van der Waals surface area contributed by atoms with Crippen LogP contribution in [0.1, 0.15) is 36.7 Å². The van der Waals surface area contributed by atoms with Crippen molar-refractivity contribution in [3.63, 3.8) is 0 Å². The summed E-state index contributed by atoms with van der Waals surface area (Å²) in [7, 11) is 0. The van der Waals surface area contributed by atoms with Gasteiger partial charge >= 0.3 is 5.97 Å². The fourth-order valence-electron chi connectivity index (χ4n) is 2.94. The maximum absolute atomic E-state index is 12.8. The molecule has 0 fully saturated rings. The smallest absolute Gasteiger partial charge is 0.302 e. The zero-order valence-electron chi connectivity index (χ0n) is 19.4. The van der Waals surface area contributed by atoms with Gasteiger partial charge < -0.3 is 29.6 Å². The van der Waals surface area contributed by atoms with Gasteiger partial charge in [0.05, 0.1) is 13.2 Å². The third-order valence-corrected chi connectivity index (χ3v) is 4.59. The van der Waals surface area contributed by atoms with Crippen molar-refractivity contribution in [2.75, 3.05) is 26.6 Å². The highest BCUT2D eigenvalue weighted by molar-refractivity contribution is 6.05. The Bertz CT molecular complexity index is 1060. The van der Waals surface area contributed by atoms with Crippen LogP contribution in [0, 0.1) is 5.92 Å². The van der Waals surface area contributed by atoms with Gasteiger partial charge in [0, 0.05) is 12.5 Å². The summed E-state index contributed by atoms with van der Waals surface area (Å²) in [6.45, 7) is 6.19. The normalized spacial score (nSPS) is 12.3. The number of carbonyl (C=O) groups is 3. The Morgan fingerprint density at radius 1 is 1.06 bits per heavy atom. The molecule has 0 bridgehead atoms. The first kappa shape index (κ1) is 24.6. The maximum atomic E-state index is 12.8. The van der Waals surface area contributed by atoms with Gasteiger partial charge in [-0.2, -0.15) is 0 Å². The molecule has 34 heavy (non-hydrogen) atoms. The molecule has 0 saturated heterocycles. The lowest BCUT2D eigenvalue weighted by Crippen LogP contribution is -2.36. The molecule has 1 heterocycles. The SMILES string of the molecule is CC(=O)OCCNC(=O)/C(=C\c1ccc2c(c1)OCO2)NC(=O)c1ccc(OCC(C)C)cc1. The molecule has 0 unspecified atom stereocenters. The van der Waals surface area contributed by atoms with E-state index in [1.807, 2.05) is 13.8 Å². The first-order chi connectivity index (χ1) is 16.3. The Labute approximate surface area is 198 Å². The van der Waals surface area contributed by atoms with E-state index >= 15 is 0 Å². The van der Waals surface area contributed by atoms with Gasteiger partial charge in [0.25, 0.3) is 11.8 Å². The highest BCUT2D eigenvalue weighted by atomic mass is 16.7. The number of hydrogen-bond acceptors (Lipinski definition) is 7. The van der Waals surface area contributed by atoms with Crippen molar-refractivity contribution >= 4 is 23.9 Å². The zero-order chi connectivity index (χ0) is 24.5. The molecular weight excluding hydrogens is 440 g/mol. The van der Waals surface area contributed by atoms with Crippen molar-refractivity contribution < 1.29 is 33.3 Å². The predicted octanol–water partition coefficient (Wildman–Crippen LogP) is 2.90. The van der Waals surface area contributed by atoms with Crippen LogP contribution in [0.3, 0.4) is 0 Å². The molecule has 180 valence electrons. The number of nitrogens with one attached hydrogen (secondary N) is 2. The van der Waals surface area contributed by atoms with Gasteiger partial charge in [0.2, 0.25) is 6.79 Å². The van der Waals surface area contributed by atoms with Gasteiger partial charge in [0.1, 0.15) is 18.1 Å². The number of ether oxygens (including phenoxy) is 4. The van der Waals surface area contributed by atoms with E-state index < -0.39 is 17.8 Å². The summed E-state index contributed by atoms with van der Waals surface area (Å²) in [5, 5.41) is 5.29. The molecule has 0 aliphatic carbocycles. The number of amides is 2. The van der Waals surface area contributed by atoms with Crippen LogP contribution in [0.15, 0.2) is 48.2 Å². The minimum atomic E-state index is -0.532. The summed E-state index contributed by atoms with van der Waals surface area (Å²) in [5.74, 6) is 0.753. The highest BCUT2D eigenvalue weighted by Gasteiger charge is 2.17. The Balaban J connectivity index is 1.74. The van der Waals surface area contributed by atoms with Crippen molar-refractivity contribution in [1.82, 2.24) is 10.6 Å². The van der Waals surface area contributed by atoms with Crippen molar-refractivity contribution in [3.8, 4) is 17.2 Å². The fourth-order valence-corrected chi connectivity index (χ4v) is 2.94. The molecule has 2 aromatic carbocycles. The number of hydrogen-bond donors (Lipinski definition) is 2. The van der Waals surface area contributed by atoms with Crippen molar-refractivity contribution in [2.45, 2.75) is 20.8 Å². The Morgan fingerprint density at radius 2 is 1.79 bits per heavy atom. The molecule has 2 N–H and O–H groups in total. The standard InChI is InChI=1S/C25H28N2O7/c1-16(2)14-32-20-7-5-19(6-8-20)24(29)27-21(25(30)26-10-11-31-17(3)28)12-18-4-9-22-23(13-18)34-15-33-22/h4-9,12-13,16H,10-11,14-15H2,1-3H3,(H,26,30)(H,27,29)/b21-12+. The van der Waals surface area contributed by atoms with Gasteiger partial charge in [0.15, 0.2) is 11.5 Å². The second-order valence-electron chi connectivity index (χ2n) is 7.95. The first-order valence-corrected chi connectivity index (χ1v) is 10.9. The molecule has 0 saturated carbocycles.